The number of hydrogen-bond donors (Lipinski definition) is 2. The van der Waals surface area contributed by atoms with Gasteiger partial charge in [-0.15, -0.1) is 11.3 Å². The van der Waals surface area contributed by atoms with Gasteiger partial charge in [-0.25, -0.2) is 9.97 Å². The van der Waals surface area contributed by atoms with Crippen molar-refractivity contribution in [2.75, 3.05) is 11.1 Å². The van der Waals surface area contributed by atoms with Gasteiger partial charge in [0, 0.05) is 16.9 Å². The van der Waals surface area contributed by atoms with Gasteiger partial charge >= 0.3 is 0 Å². The quantitative estimate of drug-likeness (QED) is 0.873. The van der Waals surface area contributed by atoms with E-state index in [1.807, 2.05) is 6.07 Å². The molecule has 0 aliphatic carbocycles. The van der Waals surface area contributed by atoms with Crippen molar-refractivity contribution < 1.29 is 0 Å². The molecule has 0 aromatic carbocycles. The highest BCUT2D eigenvalue weighted by atomic mass is 32.1. The van der Waals surface area contributed by atoms with Crippen molar-refractivity contribution in [1.82, 2.24) is 9.97 Å². The van der Waals surface area contributed by atoms with Crippen LogP contribution in [0.3, 0.4) is 0 Å². The number of nitrogens with two attached hydrogens (primary N) is 1. The predicted molar refractivity (Wildman–Crippen MR) is 72.2 cm³/mol. The topological polar surface area (TPSA) is 63.8 Å². The Bertz CT molecular complexity index is 479. The zero-order valence-electron chi connectivity index (χ0n) is 9.97. The molecule has 17 heavy (non-hydrogen) atoms. The Morgan fingerprint density at radius 2 is 2.24 bits per heavy atom. The van der Waals surface area contributed by atoms with Crippen LogP contribution in [0.25, 0.3) is 0 Å². The van der Waals surface area contributed by atoms with Gasteiger partial charge in [-0.05, 0) is 11.4 Å². The van der Waals surface area contributed by atoms with Gasteiger partial charge in [0.15, 0.2) is 0 Å². The summed E-state index contributed by atoms with van der Waals surface area (Å²) in [6.45, 7) is 4.88. The third-order valence-corrected chi connectivity index (χ3v) is 3.18. The third-order valence-electron chi connectivity index (χ3n) is 2.30. The maximum absolute atomic E-state index is 5.76. The molecule has 0 unspecified atom stereocenters. The highest BCUT2D eigenvalue weighted by Gasteiger charge is 2.06. The fourth-order valence-corrected chi connectivity index (χ4v) is 2.07. The molecule has 5 heteroatoms. The minimum absolute atomic E-state index is 0.279. The first-order valence-electron chi connectivity index (χ1n) is 5.56. The molecule has 2 heterocycles. The fourth-order valence-electron chi connectivity index (χ4n) is 1.42. The molecule has 0 bridgehead atoms. The molecule has 0 aliphatic heterocycles. The van der Waals surface area contributed by atoms with Gasteiger partial charge in [0.1, 0.15) is 17.5 Å². The van der Waals surface area contributed by atoms with Crippen LogP contribution in [0.4, 0.5) is 11.6 Å². The number of aromatic nitrogens is 2. The van der Waals surface area contributed by atoms with E-state index in [2.05, 4.69) is 40.6 Å². The molecular weight excluding hydrogens is 232 g/mol. The molecule has 2 rings (SSSR count). The maximum atomic E-state index is 5.76. The highest BCUT2D eigenvalue weighted by Crippen LogP contribution is 2.16. The molecule has 3 N–H and O–H groups in total. The lowest BCUT2D eigenvalue weighted by Gasteiger charge is -2.09. The summed E-state index contributed by atoms with van der Waals surface area (Å²) in [5.41, 5.74) is 5.76. The lowest BCUT2D eigenvalue weighted by Crippen LogP contribution is -2.06. The van der Waals surface area contributed by atoms with E-state index in [0.29, 0.717) is 5.82 Å². The number of nitrogen functional groups attached to an aromatic ring is 1. The minimum Gasteiger partial charge on any atom is -0.384 e. The van der Waals surface area contributed by atoms with E-state index in [1.54, 1.807) is 17.4 Å². The molecule has 0 saturated carbocycles. The molecule has 0 fully saturated rings. The molecular formula is C12H16N4S. The summed E-state index contributed by atoms with van der Waals surface area (Å²) in [6.07, 6.45) is 0. The molecule has 4 nitrogen and oxygen atoms in total. The number of nitrogens with one attached hydrogen (secondary N) is 1. The normalized spacial score (nSPS) is 10.8. The van der Waals surface area contributed by atoms with Crippen molar-refractivity contribution in [2.24, 2.45) is 0 Å². The van der Waals surface area contributed by atoms with Gasteiger partial charge in [-0.3, -0.25) is 0 Å². The number of thiophene rings is 1. The van der Waals surface area contributed by atoms with Crippen LogP contribution in [0.2, 0.25) is 0 Å². The van der Waals surface area contributed by atoms with Gasteiger partial charge in [0.05, 0.1) is 6.54 Å². The summed E-state index contributed by atoms with van der Waals surface area (Å²) in [7, 11) is 0. The van der Waals surface area contributed by atoms with Crippen LogP contribution in [0, 0.1) is 0 Å². The third kappa shape index (κ3) is 3.17. The second kappa shape index (κ2) is 5.14. The SMILES string of the molecule is CC(C)c1nc(N)cc(NCc2cccs2)n1. The molecule has 0 atom stereocenters. The number of hydrogen-bond acceptors (Lipinski definition) is 5. The van der Waals surface area contributed by atoms with Crippen LogP contribution >= 0.6 is 11.3 Å². The molecule has 90 valence electrons. The van der Waals surface area contributed by atoms with E-state index in [0.717, 1.165) is 18.2 Å². The van der Waals surface area contributed by atoms with Gasteiger partial charge in [0.25, 0.3) is 0 Å². The Labute approximate surface area is 105 Å². The van der Waals surface area contributed by atoms with E-state index in [-0.39, 0.29) is 5.92 Å². The first kappa shape index (κ1) is 11.9. The maximum Gasteiger partial charge on any atom is 0.135 e. The average molecular weight is 248 g/mol. The first-order valence-corrected chi connectivity index (χ1v) is 6.44. The van der Waals surface area contributed by atoms with Crippen LogP contribution < -0.4 is 11.1 Å². The van der Waals surface area contributed by atoms with Gasteiger partial charge in [-0.1, -0.05) is 19.9 Å². The van der Waals surface area contributed by atoms with E-state index in [1.165, 1.54) is 4.88 Å². The van der Waals surface area contributed by atoms with Crippen molar-refractivity contribution >= 4 is 23.0 Å². The molecule has 2 aromatic heterocycles. The van der Waals surface area contributed by atoms with Crippen molar-refractivity contribution in [3.05, 3.63) is 34.3 Å². The van der Waals surface area contributed by atoms with Crippen LogP contribution in [0.5, 0.6) is 0 Å². The van der Waals surface area contributed by atoms with E-state index in [9.17, 15) is 0 Å². The standard InChI is InChI=1S/C12H16N4S/c1-8(2)12-15-10(13)6-11(16-12)14-7-9-4-3-5-17-9/h3-6,8H,7H2,1-2H3,(H3,13,14,15,16). The monoisotopic (exact) mass is 248 g/mol. The Morgan fingerprint density at radius 1 is 1.41 bits per heavy atom. The molecule has 0 aliphatic rings. The Balaban J connectivity index is 2.10. The van der Waals surface area contributed by atoms with Gasteiger partial charge in [-0.2, -0.15) is 0 Å². The average Bonchev–Trinajstić information content (AvgIpc) is 2.78. The van der Waals surface area contributed by atoms with Crippen LogP contribution in [-0.2, 0) is 6.54 Å². The summed E-state index contributed by atoms with van der Waals surface area (Å²) in [4.78, 5) is 9.91. The molecule has 0 saturated heterocycles. The van der Waals surface area contributed by atoms with Crippen molar-refractivity contribution in [3.8, 4) is 0 Å². The smallest absolute Gasteiger partial charge is 0.135 e. The summed E-state index contributed by atoms with van der Waals surface area (Å²) in [6, 6.07) is 5.89. The largest absolute Gasteiger partial charge is 0.384 e. The van der Waals surface area contributed by atoms with E-state index >= 15 is 0 Å². The Hall–Kier alpha value is -1.62. The summed E-state index contributed by atoms with van der Waals surface area (Å²) < 4.78 is 0. The predicted octanol–water partition coefficient (Wildman–Crippen LogP) is 2.86. The molecule has 2 aromatic rings. The molecule has 0 spiro atoms. The van der Waals surface area contributed by atoms with E-state index in [4.69, 9.17) is 5.73 Å². The summed E-state index contributed by atoms with van der Waals surface area (Å²) >= 11 is 1.72. The number of rotatable bonds is 4. The Morgan fingerprint density at radius 3 is 2.88 bits per heavy atom. The van der Waals surface area contributed by atoms with Crippen LogP contribution in [0.15, 0.2) is 23.6 Å². The van der Waals surface area contributed by atoms with Crippen molar-refractivity contribution in [1.29, 1.82) is 0 Å². The van der Waals surface area contributed by atoms with Crippen LogP contribution in [-0.4, -0.2) is 9.97 Å². The highest BCUT2D eigenvalue weighted by molar-refractivity contribution is 7.09. The van der Waals surface area contributed by atoms with Gasteiger partial charge in [0.2, 0.25) is 0 Å². The Kier molecular flexibility index (Phi) is 3.58. The van der Waals surface area contributed by atoms with E-state index < -0.39 is 0 Å². The molecule has 0 amide bonds. The summed E-state index contributed by atoms with van der Waals surface area (Å²) in [5, 5.41) is 5.32. The fraction of sp³-hybridized carbons (Fsp3) is 0.333. The number of nitrogens with zero attached hydrogens (tertiary/aromatic N) is 2. The summed E-state index contributed by atoms with van der Waals surface area (Å²) in [5.74, 6) is 2.35. The van der Waals surface area contributed by atoms with Gasteiger partial charge < -0.3 is 11.1 Å². The first-order chi connectivity index (χ1) is 8.15. The zero-order chi connectivity index (χ0) is 12.3. The van der Waals surface area contributed by atoms with Crippen molar-refractivity contribution in [2.45, 2.75) is 26.3 Å². The lowest BCUT2D eigenvalue weighted by atomic mass is 10.2. The van der Waals surface area contributed by atoms with Crippen molar-refractivity contribution in [3.63, 3.8) is 0 Å². The minimum atomic E-state index is 0.279. The second-order valence-electron chi connectivity index (χ2n) is 4.12. The second-order valence-corrected chi connectivity index (χ2v) is 5.16. The zero-order valence-corrected chi connectivity index (χ0v) is 10.8. The molecule has 0 radical (unpaired) electrons. The number of anilines is 2. The van der Waals surface area contributed by atoms with Crippen LogP contribution in [0.1, 0.15) is 30.5 Å². The lowest BCUT2D eigenvalue weighted by molar-refractivity contribution is 0.777.